The Balaban J connectivity index is 2.04. The van der Waals surface area contributed by atoms with Crippen molar-refractivity contribution < 1.29 is 27.4 Å². The Hall–Kier alpha value is -2.96. The van der Waals surface area contributed by atoms with Gasteiger partial charge in [0.25, 0.3) is 0 Å². The van der Waals surface area contributed by atoms with E-state index in [9.17, 15) is 18.0 Å². The topological polar surface area (TPSA) is 47.6 Å². The normalized spacial score (nSPS) is 11.4. The van der Waals surface area contributed by atoms with Crippen LogP contribution in [0.15, 0.2) is 48.5 Å². The Morgan fingerprint density at radius 1 is 1.11 bits per heavy atom. The zero-order valence-electron chi connectivity index (χ0n) is 15.0. The average Bonchev–Trinajstić information content (AvgIpc) is 2.61. The van der Waals surface area contributed by atoms with Gasteiger partial charge in [0.1, 0.15) is 11.5 Å². The predicted octanol–water partition coefficient (Wildman–Crippen LogP) is 4.99. The second-order valence-corrected chi connectivity index (χ2v) is 5.73. The second kappa shape index (κ2) is 9.12. The first-order chi connectivity index (χ1) is 12.8. The van der Waals surface area contributed by atoms with Crippen LogP contribution in [0.1, 0.15) is 18.1 Å². The Morgan fingerprint density at radius 3 is 2.44 bits per heavy atom. The summed E-state index contributed by atoms with van der Waals surface area (Å²) >= 11 is 0. The number of hydrogen-bond donors (Lipinski definition) is 1. The summed E-state index contributed by atoms with van der Waals surface area (Å²) in [5.41, 5.74) is 1.67. The van der Waals surface area contributed by atoms with E-state index in [0.717, 1.165) is 16.9 Å². The summed E-state index contributed by atoms with van der Waals surface area (Å²) in [5, 5.41) is 2.53. The molecule has 0 aliphatic heterocycles. The van der Waals surface area contributed by atoms with Gasteiger partial charge in [-0.3, -0.25) is 4.79 Å². The van der Waals surface area contributed by atoms with Crippen molar-refractivity contribution in [3.63, 3.8) is 0 Å². The summed E-state index contributed by atoms with van der Waals surface area (Å²) < 4.78 is 47.3. The molecule has 0 spiro atoms. The molecule has 7 heteroatoms. The molecule has 2 aromatic rings. The van der Waals surface area contributed by atoms with E-state index in [-0.39, 0.29) is 11.4 Å². The number of ether oxygens (including phenoxy) is 2. The Labute approximate surface area is 155 Å². The van der Waals surface area contributed by atoms with Crippen LogP contribution >= 0.6 is 0 Å². The molecule has 0 saturated heterocycles. The average molecular weight is 379 g/mol. The number of aryl methyl sites for hydroxylation is 1. The first-order valence-electron chi connectivity index (χ1n) is 8.29. The number of nitrogens with one attached hydrogen (secondary N) is 1. The van der Waals surface area contributed by atoms with Crippen molar-refractivity contribution in [3.8, 4) is 11.5 Å². The number of carbonyl (C=O) groups is 1. The maximum Gasteiger partial charge on any atom is 0.422 e. The molecule has 1 N–H and O–H groups in total. The van der Waals surface area contributed by atoms with Crippen molar-refractivity contribution in [3.05, 3.63) is 59.7 Å². The predicted molar refractivity (Wildman–Crippen MR) is 98.0 cm³/mol. The van der Waals surface area contributed by atoms with Crippen LogP contribution < -0.4 is 14.8 Å². The van der Waals surface area contributed by atoms with Gasteiger partial charge in [-0.05, 0) is 55.3 Å². The summed E-state index contributed by atoms with van der Waals surface area (Å²) in [7, 11) is 0. The third-order valence-corrected chi connectivity index (χ3v) is 3.40. The van der Waals surface area contributed by atoms with Gasteiger partial charge in [-0.15, -0.1) is 0 Å². The van der Waals surface area contributed by atoms with Crippen molar-refractivity contribution in [2.24, 2.45) is 0 Å². The molecule has 4 nitrogen and oxygen atoms in total. The Bertz CT molecular complexity index is 799. The lowest BCUT2D eigenvalue weighted by Gasteiger charge is -2.14. The van der Waals surface area contributed by atoms with Gasteiger partial charge in [0, 0.05) is 6.08 Å². The van der Waals surface area contributed by atoms with E-state index in [0.29, 0.717) is 6.61 Å². The molecule has 2 aromatic carbocycles. The number of anilines is 1. The van der Waals surface area contributed by atoms with Crippen molar-refractivity contribution in [1.29, 1.82) is 0 Å². The molecule has 0 atom stereocenters. The minimum absolute atomic E-state index is 0.0323. The maximum absolute atomic E-state index is 12.4. The van der Waals surface area contributed by atoms with Crippen molar-refractivity contribution in [2.45, 2.75) is 20.0 Å². The van der Waals surface area contributed by atoms with Crippen LogP contribution in [0.5, 0.6) is 11.5 Å². The lowest BCUT2D eigenvalue weighted by atomic mass is 10.2. The lowest BCUT2D eigenvalue weighted by molar-refractivity contribution is -0.153. The molecule has 2 rings (SSSR count). The minimum Gasteiger partial charge on any atom is -0.494 e. The zero-order chi connectivity index (χ0) is 19.9. The summed E-state index contributed by atoms with van der Waals surface area (Å²) in [6.45, 7) is 2.74. The van der Waals surface area contributed by atoms with Gasteiger partial charge in [-0.25, -0.2) is 0 Å². The molecule has 1 amide bonds. The first kappa shape index (κ1) is 20.4. The largest absolute Gasteiger partial charge is 0.494 e. The summed E-state index contributed by atoms with van der Waals surface area (Å²) in [6.07, 6.45) is -1.57. The van der Waals surface area contributed by atoms with Gasteiger partial charge < -0.3 is 14.8 Å². The van der Waals surface area contributed by atoms with Crippen molar-refractivity contribution in [1.82, 2.24) is 0 Å². The van der Waals surface area contributed by atoms with Crippen LogP contribution in [0, 0.1) is 6.92 Å². The van der Waals surface area contributed by atoms with Gasteiger partial charge in [0.15, 0.2) is 6.61 Å². The molecule has 0 unspecified atom stereocenters. The smallest absolute Gasteiger partial charge is 0.422 e. The third-order valence-electron chi connectivity index (χ3n) is 3.40. The molecule has 0 aromatic heterocycles. The molecular weight excluding hydrogens is 359 g/mol. The van der Waals surface area contributed by atoms with Crippen molar-refractivity contribution >= 4 is 17.7 Å². The lowest BCUT2D eigenvalue weighted by Crippen LogP contribution is -2.20. The van der Waals surface area contributed by atoms with Gasteiger partial charge in [0.05, 0.1) is 12.3 Å². The summed E-state index contributed by atoms with van der Waals surface area (Å²) in [6, 6.07) is 11.8. The van der Waals surface area contributed by atoms with Crippen molar-refractivity contribution in [2.75, 3.05) is 18.5 Å². The number of rotatable bonds is 7. The van der Waals surface area contributed by atoms with Crippen LogP contribution in [0.25, 0.3) is 6.08 Å². The minimum atomic E-state index is -4.46. The molecule has 0 fully saturated rings. The van der Waals surface area contributed by atoms with Crippen LogP contribution in [0.4, 0.5) is 18.9 Å². The zero-order valence-corrected chi connectivity index (χ0v) is 15.0. The van der Waals surface area contributed by atoms with E-state index in [1.54, 1.807) is 43.3 Å². The molecule has 0 heterocycles. The quantitative estimate of drug-likeness (QED) is 0.690. The molecule has 0 aliphatic carbocycles. The SMILES string of the molecule is CCOc1ccc(C=CC(=O)Nc2ccc(C)cc2OCC(F)(F)F)cc1. The molecule has 27 heavy (non-hydrogen) atoms. The van der Waals surface area contributed by atoms with Crippen LogP contribution in [0.3, 0.4) is 0 Å². The number of carbonyl (C=O) groups excluding carboxylic acids is 1. The van der Waals surface area contributed by atoms with Crippen LogP contribution in [-0.2, 0) is 4.79 Å². The maximum atomic E-state index is 12.4. The number of benzene rings is 2. The fourth-order valence-corrected chi connectivity index (χ4v) is 2.20. The molecule has 144 valence electrons. The monoisotopic (exact) mass is 379 g/mol. The van der Waals surface area contributed by atoms with Crippen LogP contribution in [-0.4, -0.2) is 25.3 Å². The molecule has 0 radical (unpaired) electrons. The number of halogens is 3. The first-order valence-corrected chi connectivity index (χ1v) is 8.29. The van der Waals surface area contributed by atoms with Gasteiger partial charge in [-0.2, -0.15) is 13.2 Å². The number of amides is 1. The number of alkyl halides is 3. The molecular formula is C20H20F3NO3. The van der Waals surface area contributed by atoms with E-state index < -0.39 is 18.7 Å². The van der Waals surface area contributed by atoms with Gasteiger partial charge in [0.2, 0.25) is 5.91 Å². The van der Waals surface area contributed by atoms with E-state index in [1.165, 1.54) is 18.2 Å². The highest BCUT2D eigenvalue weighted by molar-refractivity contribution is 6.02. The van der Waals surface area contributed by atoms with Gasteiger partial charge >= 0.3 is 6.18 Å². The van der Waals surface area contributed by atoms with Gasteiger partial charge in [-0.1, -0.05) is 18.2 Å². The Kier molecular flexibility index (Phi) is 6.87. The van der Waals surface area contributed by atoms with E-state index in [1.807, 2.05) is 6.92 Å². The molecule has 0 aliphatic rings. The summed E-state index contributed by atoms with van der Waals surface area (Å²) in [5.74, 6) is 0.213. The van der Waals surface area contributed by atoms with E-state index in [4.69, 9.17) is 9.47 Å². The van der Waals surface area contributed by atoms with Crippen LogP contribution in [0.2, 0.25) is 0 Å². The molecule has 0 saturated carbocycles. The van der Waals surface area contributed by atoms with E-state index >= 15 is 0 Å². The highest BCUT2D eigenvalue weighted by Crippen LogP contribution is 2.28. The van der Waals surface area contributed by atoms with E-state index in [2.05, 4.69) is 5.32 Å². The highest BCUT2D eigenvalue weighted by atomic mass is 19.4. The summed E-state index contributed by atoms with van der Waals surface area (Å²) in [4.78, 5) is 12.1. The third kappa shape index (κ3) is 7.05. The Morgan fingerprint density at radius 2 is 1.81 bits per heavy atom. The molecule has 0 bridgehead atoms. The number of hydrogen-bond acceptors (Lipinski definition) is 3. The fourth-order valence-electron chi connectivity index (χ4n) is 2.20. The highest BCUT2D eigenvalue weighted by Gasteiger charge is 2.29. The standard InChI is InChI=1S/C20H20F3NO3/c1-3-26-16-8-5-15(6-9-16)7-11-19(25)24-17-10-4-14(2)12-18(17)27-13-20(21,22)23/h4-12H,3,13H2,1-2H3,(H,24,25). The second-order valence-electron chi connectivity index (χ2n) is 5.73. The fraction of sp³-hybridized carbons (Fsp3) is 0.250.